The second-order valence-corrected chi connectivity index (χ2v) is 3.16. The zero-order valence-electron chi connectivity index (χ0n) is 6.35. The van der Waals surface area contributed by atoms with Gasteiger partial charge in [0.05, 0.1) is 12.2 Å². The van der Waals surface area contributed by atoms with Crippen LogP contribution in [-0.2, 0) is 0 Å². The van der Waals surface area contributed by atoms with Crippen molar-refractivity contribution in [3.63, 3.8) is 0 Å². The van der Waals surface area contributed by atoms with Crippen LogP contribution in [0.1, 0.15) is 6.42 Å². The Morgan fingerprint density at radius 3 is 2.00 bits per heavy atom. The van der Waals surface area contributed by atoms with E-state index in [1.165, 1.54) is 0 Å². The minimum absolute atomic E-state index is 0.0536. The van der Waals surface area contributed by atoms with E-state index in [-0.39, 0.29) is 18.4 Å². The van der Waals surface area contributed by atoms with Crippen molar-refractivity contribution >= 4 is 0 Å². The van der Waals surface area contributed by atoms with Crippen molar-refractivity contribution in [1.29, 1.82) is 0 Å². The molecular weight excluding hydrogens is 146 g/mol. The van der Waals surface area contributed by atoms with E-state index in [1.807, 2.05) is 0 Å². The van der Waals surface area contributed by atoms with Crippen LogP contribution in [0.5, 0.6) is 0 Å². The van der Waals surface area contributed by atoms with Crippen LogP contribution in [0.2, 0.25) is 0 Å². The normalized spacial score (nSPS) is 44.7. The molecule has 1 saturated carbocycles. The highest BCUT2D eigenvalue weighted by molar-refractivity contribution is 4.90. The van der Waals surface area contributed by atoms with Gasteiger partial charge in [-0.2, -0.15) is 0 Å². The fraction of sp³-hybridized carbons (Fsp3) is 1.00. The maximum atomic E-state index is 9.32. The second kappa shape index (κ2) is 3.49. The molecule has 0 aromatic carbocycles. The fourth-order valence-corrected chi connectivity index (χ4v) is 1.64. The number of hydrogen-bond acceptors (Lipinski definition) is 4. The van der Waals surface area contributed by atoms with Crippen LogP contribution in [0.4, 0.5) is 0 Å². The first-order chi connectivity index (χ1) is 5.20. The molecule has 4 atom stereocenters. The van der Waals surface area contributed by atoms with Gasteiger partial charge in [0, 0.05) is 18.4 Å². The van der Waals surface area contributed by atoms with Crippen molar-refractivity contribution in [3.8, 4) is 0 Å². The van der Waals surface area contributed by atoms with Gasteiger partial charge in [-0.05, 0) is 13.0 Å². The number of hydrogen-bond donors (Lipinski definition) is 4. The standard InChI is InChI=1S/C7H15NO3/c8-2-4-1-5(3-9)7(11)6(4)10/h4-7,9-11H,1-3,8H2/t4-,5+,6-,7+/m0/s1. The van der Waals surface area contributed by atoms with E-state index >= 15 is 0 Å². The van der Waals surface area contributed by atoms with E-state index in [4.69, 9.17) is 10.8 Å². The summed E-state index contributed by atoms with van der Waals surface area (Å²) in [5, 5.41) is 27.4. The van der Waals surface area contributed by atoms with Gasteiger partial charge in [-0.3, -0.25) is 0 Å². The molecule has 0 heterocycles. The summed E-state index contributed by atoms with van der Waals surface area (Å²) >= 11 is 0. The number of aliphatic hydroxyl groups is 3. The lowest BCUT2D eigenvalue weighted by Crippen LogP contribution is -2.31. The highest BCUT2D eigenvalue weighted by Gasteiger charge is 2.39. The lowest BCUT2D eigenvalue weighted by Gasteiger charge is -2.14. The zero-order valence-corrected chi connectivity index (χ0v) is 6.35. The van der Waals surface area contributed by atoms with E-state index in [2.05, 4.69) is 0 Å². The predicted molar refractivity (Wildman–Crippen MR) is 39.8 cm³/mol. The zero-order chi connectivity index (χ0) is 8.43. The first-order valence-electron chi connectivity index (χ1n) is 3.87. The SMILES string of the molecule is NC[C@@H]1C[C@H](CO)[C@@H](O)[C@H]1O. The highest BCUT2D eigenvalue weighted by Crippen LogP contribution is 2.30. The summed E-state index contributed by atoms with van der Waals surface area (Å²) in [6, 6.07) is 0. The molecule has 11 heavy (non-hydrogen) atoms. The predicted octanol–water partition coefficient (Wildman–Crippen LogP) is -1.70. The van der Waals surface area contributed by atoms with Gasteiger partial charge in [0.1, 0.15) is 0 Å². The summed E-state index contributed by atoms with van der Waals surface area (Å²) < 4.78 is 0. The number of nitrogens with two attached hydrogens (primary N) is 1. The Bertz CT molecular complexity index is 113. The van der Waals surface area contributed by atoms with Crippen LogP contribution >= 0.6 is 0 Å². The summed E-state index contributed by atoms with van der Waals surface area (Å²) in [5.41, 5.74) is 5.35. The van der Waals surface area contributed by atoms with Gasteiger partial charge in [-0.1, -0.05) is 0 Å². The molecule has 1 aliphatic rings. The molecule has 1 rings (SSSR count). The van der Waals surface area contributed by atoms with Crippen LogP contribution in [0.25, 0.3) is 0 Å². The minimum Gasteiger partial charge on any atom is -0.396 e. The van der Waals surface area contributed by atoms with E-state index in [0.717, 1.165) is 0 Å². The molecule has 1 fully saturated rings. The first kappa shape index (κ1) is 8.93. The summed E-state index contributed by atoms with van der Waals surface area (Å²) in [5.74, 6) is -0.249. The summed E-state index contributed by atoms with van der Waals surface area (Å²) in [7, 11) is 0. The molecule has 0 bridgehead atoms. The molecule has 0 unspecified atom stereocenters. The quantitative estimate of drug-likeness (QED) is 0.388. The van der Waals surface area contributed by atoms with Crippen molar-refractivity contribution < 1.29 is 15.3 Å². The van der Waals surface area contributed by atoms with Crippen molar-refractivity contribution in [1.82, 2.24) is 0 Å². The maximum Gasteiger partial charge on any atom is 0.0852 e. The third-order valence-electron chi connectivity index (χ3n) is 2.46. The Morgan fingerprint density at radius 1 is 1.18 bits per heavy atom. The molecular formula is C7H15NO3. The van der Waals surface area contributed by atoms with E-state index in [9.17, 15) is 10.2 Å². The van der Waals surface area contributed by atoms with Gasteiger partial charge in [0.25, 0.3) is 0 Å². The molecule has 0 saturated heterocycles. The summed E-state index contributed by atoms with van der Waals surface area (Å²) in [6.45, 7) is 0.295. The Morgan fingerprint density at radius 2 is 1.73 bits per heavy atom. The van der Waals surface area contributed by atoms with Crippen molar-refractivity contribution in [2.24, 2.45) is 17.6 Å². The smallest absolute Gasteiger partial charge is 0.0852 e. The van der Waals surface area contributed by atoms with Crippen LogP contribution in [0, 0.1) is 11.8 Å². The van der Waals surface area contributed by atoms with Gasteiger partial charge >= 0.3 is 0 Å². The number of aliphatic hydroxyl groups excluding tert-OH is 3. The Balaban J connectivity index is 2.53. The summed E-state index contributed by atoms with van der Waals surface area (Å²) in [4.78, 5) is 0. The molecule has 66 valence electrons. The largest absolute Gasteiger partial charge is 0.396 e. The molecule has 0 radical (unpaired) electrons. The third-order valence-corrected chi connectivity index (χ3v) is 2.46. The molecule has 4 nitrogen and oxygen atoms in total. The van der Waals surface area contributed by atoms with Gasteiger partial charge in [-0.25, -0.2) is 0 Å². The maximum absolute atomic E-state index is 9.32. The Labute approximate surface area is 65.6 Å². The van der Waals surface area contributed by atoms with E-state index in [0.29, 0.717) is 13.0 Å². The van der Waals surface area contributed by atoms with Gasteiger partial charge in [0.2, 0.25) is 0 Å². The minimum atomic E-state index is -0.798. The first-order valence-corrected chi connectivity index (χ1v) is 3.87. The number of rotatable bonds is 2. The highest BCUT2D eigenvalue weighted by atomic mass is 16.3. The van der Waals surface area contributed by atoms with Crippen LogP contribution in [0.3, 0.4) is 0 Å². The van der Waals surface area contributed by atoms with Crippen LogP contribution < -0.4 is 5.73 Å². The lowest BCUT2D eigenvalue weighted by atomic mass is 10.1. The lowest BCUT2D eigenvalue weighted by molar-refractivity contribution is -0.00476. The van der Waals surface area contributed by atoms with Crippen molar-refractivity contribution in [2.45, 2.75) is 18.6 Å². The molecule has 4 heteroatoms. The van der Waals surface area contributed by atoms with Gasteiger partial charge in [0.15, 0.2) is 0 Å². The molecule has 0 aromatic heterocycles. The fourth-order valence-electron chi connectivity index (χ4n) is 1.64. The second-order valence-electron chi connectivity index (χ2n) is 3.16. The van der Waals surface area contributed by atoms with Crippen molar-refractivity contribution in [3.05, 3.63) is 0 Å². The van der Waals surface area contributed by atoms with Gasteiger partial charge in [-0.15, -0.1) is 0 Å². The van der Waals surface area contributed by atoms with Crippen LogP contribution in [-0.4, -0.2) is 40.7 Å². The average molecular weight is 161 g/mol. The summed E-state index contributed by atoms with van der Waals surface area (Å²) in [6.07, 6.45) is -0.930. The average Bonchev–Trinajstić information content (AvgIpc) is 2.30. The third kappa shape index (κ3) is 1.54. The topological polar surface area (TPSA) is 86.7 Å². The van der Waals surface area contributed by atoms with Crippen LogP contribution in [0.15, 0.2) is 0 Å². The monoisotopic (exact) mass is 161 g/mol. The molecule has 0 aliphatic heterocycles. The Hall–Kier alpha value is -0.160. The molecule has 5 N–H and O–H groups in total. The van der Waals surface area contributed by atoms with E-state index < -0.39 is 12.2 Å². The molecule has 0 spiro atoms. The molecule has 0 aromatic rings. The van der Waals surface area contributed by atoms with E-state index in [1.54, 1.807) is 0 Å². The van der Waals surface area contributed by atoms with Gasteiger partial charge < -0.3 is 21.1 Å². The molecule has 1 aliphatic carbocycles. The van der Waals surface area contributed by atoms with Crippen molar-refractivity contribution in [2.75, 3.05) is 13.2 Å². The Kier molecular flexibility index (Phi) is 2.84. The molecule has 0 amide bonds.